The van der Waals surface area contributed by atoms with E-state index in [0.29, 0.717) is 47.7 Å². The van der Waals surface area contributed by atoms with E-state index in [-0.39, 0.29) is 12.1 Å². The lowest BCUT2D eigenvalue weighted by molar-refractivity contribution is 0.191. The first-order valence-corrected chi connectivity index (χ1v) is 9.87. The number of carbonyl (C=O) groups is 2. The largest absolute Gasteiger partial charge is 0.352 e. The van der Waals surface area contributed by atoms with E-state index in [4.69, 9.17) is 28.9 Å². The lowest BCUT2D eigenvalue weighted by Crippen LogP contribution is -2.52. The van der Waals surface area contributed by atoms with E-state index in [1.54, 1.807) is 29.3 Å². The number of hydrogen-bond donors (Lipinski definition) is 3. The number of nitrogens with one attached hydrogen (secondary N) is 2. The number of primary amides is 1. The van der Waals surface area contributed by atoms with E-state index in [0.717, 1.165) is 5.56 Å². The molecule has 0 bridgehead atoms. The van der Waals surface area contributed by atoms with Crippen LogP contribution in [0.2, 0.25) is 10.0 Å². The summed E-state index contributed by atoms with van der Waals surface area (Å²) in [6.07, 6.45) is 1.56. The lowest BCUT2D eigenvalue weighted by Gasteiger charge is -2.36. The number of aromatic nitrogens is 1. The van der Waals surface area contributed by atoms with Crippen LogP contribution in [-0.4, -0.2) is 48.1 Å². The minimum atomic E-state index is -0.617. The molecule has 3 rings (SSSR count). The predicted octanol–water partition coefficient (Wildman–Crippen LogP) is 3.47. The molecule has 0 aliphatic carbocycles. The fourth-order valence-electron chi connectivity index (χ4n) is 3.12. The van der Waals surface area contributed by atoms with Crippen molar-refractivity contribution >= 4 is 46.8 Å². The van der Waals surface area contributed by atoms with Crippen LogP contribution >= 0.6 is 23.2 Å². The molecule has 0 spiro atoms. The molecule has 154 valence electrons. The molecule has 29 heavy (non-hydrogen) atoms. The van der Waals surface area contributed by atoms with Crippen LogP contribution < -0.4 is 21.3 Å². The molecule has 1 atom stereocenters. The number of urea groups is 2. The van der Waals surface area contributed by atoms with Crippen LogP contribution in [0.25, 0.3) is 0 Å². The molecular weight excluding hydrogens is 415 g/mol. The summed E-state index contributed by atoms with van der Waals surface area (Å²) in [6, 6.07) is 7.88. The second-order valence-corrected chi connectivity index (χ2v) is 7.56. The van der Waals surface area contributed by atoms with Gasteiger partial charge in [-0.3, -0.25) is 0 Å². The van der Waals surface area contributed by atoms with E-state index in [1.165, 1.54) is 0 Å². The Bertz CT molecular complexity index is 885. The number of benzene rings is 1. The highest BCUT2D eigenvalue weighted by molar-refractivity contribution is 6.36. The van der Waals surface area contributed by atoms with Crippen molar-refractivity contribution in [1.82, 2.24) is 15.2 Å². The first-order valence-electron chi connectivity index (χ1n) is 9.11. The van der Waals surface area contributed by atoms with E-state index >= 15 is 0 Å². The highest BCUT2D eigenvalue weighted by atomic mass is 35.5. The summed E-state index contributed by atoms with van der Waals surface area (Å²) in [5.74, 6) is 0.675. The number of nitrogens with two attached hydrogens (primary N) is 1. The number of pyridine rings is 1. The molecular formula is C19H22Cl2N6O2. The summed E-state index contributed by atoms with van der Waals surface area (Å²) < 4.78 is 0. The summed E-state index contributed by atoms with van der Waals surface area (Å²) in [6.45, 7) is 4.27. The monoisotopic (exact) mass is 436 g/mol. The molecule has 1 aliphatic rings. The zero-order valence-corrected chi connectivity index (χ0v) is 17.4. The van der Waals surface area contributed by atoms with Crippen LogP contribution in [0.4, 0.5) is 21.1 Å². The van der Waals surface area contributed by atoms with Crippen LogP contribution in [0.3, 0.4) is 0 Å². The number of hydrogen-bond acceptors (Lipinski definition) is 4. The smallest absolute Gasteiger partial charge is 0.317 e. The first kappa shape index (κ1) is 21.0. The van der Waals surface area contributed by atoms with E-state index in [1.807, 2.05) is 24.0 Å². The molecule has 8 nitrogen and oxygen atoms in total. The predicted molar refractivity (Wildman–Crippen MR) is 115 cm³/mol. The van der Waals surface area contributed by atoms with Gasteiger partial charge >= 0.3 is 12.1 Å². The van der Waals surface area contributed by atoms with Crippen LogP contribution in [0.1, 0.15) is 18.5 Å². The average molecular weight is 437 g/mol. The van der Waals surface area contributed by atoms with Gasteiger partial charge in [-0.2, -0.15) is 0 Å². The number of amides is 4. The number of rotatable bonds is 4. The highest BCUT2D eigenvalue weighted by Crippen LogP contribution is 2.27. The topological polar surface area (TPSA) is 104 Å². The van der Waals surface area contributed by atoms with Gasteiger partial charge in [0, 0.05) is 38.1 Å². The standard InChI is InChI=1S/C19H22Cl2N6O2/c1-12(13-2-4-15(5-3-13)25-18(22)28)24-19(29)27-8-6-26(7-9-27)17-16(21)10-14(20)11-23-17/h2-5,10-12H,6-9H2,1H3,(H,24,29)(H3,22,25,28)/t12-/m1/s1. The summed E-state index contributed by atoms with van der Waals surface area (Å²) in [5.41, 5.74) is 6.62. The van der Waals surface area contributed by atoms with Crippen LogP contribution in [0.5, 0.6) is 0 Å². The quantitative estimate of drug-likeness (QED) is 0.682. The van der Waals surface area contributed by atoms with Crippen LogP contribution in [0.15, 0.2) is 36.5 Å². The minimum Gasteiger partial charge on any atom is -0.352 e. The molecule has 1 saturated heterocycles. The van der Waals surface area contributed by atoms with Gasteiger partial charge in [0.1, 0.15) is 5.82 Å². The van der Waals surface area contributed by atoms with Gasteiger partial charge in [-0.15, -0.1) is 0 Å². The van der Waals surface area contributed by atoms with Crippen LogP contribution in [0, 0.1) is 0 Å². The Morgan fingerprint density at radius 1 is 1.14 bits per heavy atom. The maximum absolute atomic E-state index is 12.6. The van der Waals surface area contributed by atoms with Crippen molar-refractivity contribution < 1.29 is 9.59 Å². The number of nitrogens with zero attached hydrogens (tertiary/aromatic N) is 3. The second-order valence-electron chi connectivity index (χ2n) is 6.72. The van der Waals surface area contributed by atoms with Gasteiger partial charge in [0.25, 0.3) is 0 Å². The zero-order chi connectivity index (χ0) is 21.0. The number of carbonyl (C=O) groups excluding carboxylic acids is 2. The average Bonchev–Trinajstić information content (AvgIpc) is 2.68. The van der Waals surface area contributed by atoms with Crippen molar-refractivity contribution in [2.24, 2.45) is 5.73 Å². The first-order chi connectivity index (χ1) is 13.8. The molecule has 4 N–H and O–H groups in total. The Kier molecular flexibility index (Phi) is 6.66. The van der Waals surface area contributed by atoms with E-state index in [9.17, 15) is 9.59 Å². The third-order valence-corrected chi connectivity index (χ3v) is 5.16. The summed E-state index contributed by atoms with van der Waals surface area (Å²) in [5, 5.41) is 6.49. The normalized spacial score (nSPS) is 15.0. The molecule has 1 aromatic carbocycles. The Morgan fingerprint density at radius 3 is 2.38 bits per heavy atom. The maximum Gasteiger partial charge on any atom is 0.317 e. The highest BCUT2D eigenvalue weighted by Gasteiger charge is 2.24. The fourth-order valence-corrected chi connectivity index (χ4v) is 3.62. The molecule has 1 aromatic heterocycles. The fraction of sp³-hybridized carbons (Fsp3) is 0.316. The SMILES string of the molecule is C[C@@H](NC(=O)N1CCN(c2ncc(Cl)cc2Cl)CC1)c1ccc(NC(N)=O)cc1. The molecule has 0 unspecified atom stereocenters. The summed E-state index contributed by atoms with van der Waals surface area (Å²) in [4.78, 5) is 31.6. The van der Waals surface area contributed by atoms with Crippen molar-refractivity contribution in [1.29, 1.82) is 0 Å². The lowest BCUT2D eigenvalue weighted by atomic mass is 10.1. The molecule has 0 saturated carbocycles. The van der Waals surface area contributed by atoms with Crippen LogP contribution in [-0.2, 0) is 0 Å². The Labute approximate surface area is 179 Å². The Morgan fingerprint density at radius 2 is 1.79 bits per heavy atom. The number of piperazine rings is 1. The van der Waals surface area contributed by atoms with Gasteiger partial charge in [-0.1, -0.05) is 35.3 Å². The van der Waals surface area contributed by atoms with Gasteiger partial charge in [0.15, 0.2) is 0 Å². The van der Waals surface area contributed by atoms with Crippen molar-refractivity contribution in [2.45, 2.75) is 13.0 Å². The van der Waals surface area contributed by atoms with Gasteiger partial charge in [-0.05, 0) is 30.7 Å². The number of halogens is 2. The molecule has 10 heteroatoms. The van der Waals surface area contributed by atoms with Gasteiger partial charge in [0.2, 0.25) is 0 Å². The molecule has 2 aromatic rings. The third-order valence-electron chi connectivity index (χ3n) is 4.67. The third kappa shape index (κ3) is 5.42. The van der Waals surface area contributed by atoms with E-state index in [2.05, 4.69) is 15.6 Å². The summed E-state index contributed by atoms with van der Waals surface area (Å²) in [7, 11) is 0. The zero-order valence-electron chi connectivity index (χ0n) is 15.9. The van der Waals surface area contributed by atoms with Crippen molar-refractivity contribution in [3.05, 3.63) is 52.1 Å². The van der Waals surface area contributed by atoms with Crippen molar-refractivity contribution in [2.75, 3.05) is 36.4 Å². The summed E-state index contributed by atoms with van der Waals surface area (Å²) >= 11 is 12.1. The molecule has 1 aliphatic heterocycles. The molecule has 2 heterocycles. The van der Waals surface area contributed by atoms with Crippen molar-refractivity contribution in [3.8, 4) is 0 Å². The molecule has 1 fully saturated rings. The Balaban J connectivity index is 1.53. The molecule has 0 radical (unpaired) electrons. The van der Waals surface area contributed by atoms with E-state index < -0.39 is 6.03 Å². The van der Waals surface area contributed by atoms with Crippen molar-refractivity contribution in [3.63, 3.8) is 0 Å². The molecule has 4 amide bonds. The maximum atomic E-state index is 12.6. The second kappa shape index (κ2) is 9.19. The minimum absolute atomic E-state index is 0.133. The van der Waals surface area contributed by atoms with Gasteiger partial charge in [0.05, 0.1) is 16.1 Å². The van der Waals surface area contributed by atoms with Gasteiger partial charge < -0.3 is 26.2 Å². The Hall–Kier alpha value is -2.71. The van der Waals surface area contributed by atoms with Gasteiger partial charge in [-0.25, -0.2) is 14.6 Å². The number of anilines is 2.